The first kappa shape index (κ1) is 14.3. The minimum Gasteiger partial charge on any atom is -0.346 e. The maximum Gasteiger partial charge on any atom is 0.0914 e. The zero-order chi connectivity index (χ0) is 16.4. The monoisotopic (exact) mass is 331 g/mol. The van der Waals surface area contributed by atoms with E-state index in [1.807, 2.05) is 0 Å². The zero-order valence-electron chi connectivity index (χ0n) is 14.6. The van der Waals surface area contributed by atoms with Crippen LogP contribution in [0.3, 0.4) is 0 Å². The number of nitrogens with zero attached hydrogens (tertiary/aromatic N) is 2. The summed E-state index contributed by atoms with van der Waals surface area (Å²) in [5.41, 5.74) is 5.27. The molecule has 1 aromatic rings. The van der Waals surface area contributed by atoms with E-state index in [1.165, 1.54) is 67.4 Å². The lowest BCUT2D eigenvalue weighted by atomic mass is 9.66. The van der Waals surface area contributed by atoms with Crippen molar-refractivity contribution in [1.29, 1.82) is 0 Å². The molecular formula is C22H25N3. The molecule has 3 heteroatoms. The smallest absolute Gasteiger partial charge is 0.0914 e. The van der Waals surface area contributed by atoms with Crippen LogP contribution in [0.1, 0.15) is 56.2 Å². The largest absolute Gasteiger partial charge is 0.346 e. The lowest BCUT2D eigenvalue weighted by molar-refractivity contribution is 0.0985. The van der Waals surface area contributed by atoms with E-state index in [1.54, 1.807) is 0 Å². The molecule has 2 bridgehead atoms. The van der Waals surface area contributed by atoms with Gasteiger partial charge in [-0.25, -0.2) is 4.98 Å². The van der Waals surface area contributed by atoms with Gasteiger partial charge in [0, 0.05) is 40.8 Å². The van der Waals surface area contributed by atoms with E-state index in [0.29, 0.717) is 18.0 Å². The van der Waals surface area contributed by atoms with Crippen molar-refractivity contribution in [2.75, 3.05) is 6.54 Å². The maximum atomic E-state index is 5.08. The molecule has 25 heavy (non-hydrogen) atoms. The maximum absolute atomic E-state index is 5.08. The molecule has 7 rings (SSSR count). The molecule has 0 aromatic heterocycles. The van der Waals surface area contributed by atoms with Gasteiger partial charge in [-0.05, 0) is 50.3 Å². The Morgan fingerprint density at radius 1 is 1.00 bits per heavy atom. The second-order valence-electron chi connectivity index (χ2n) is 8.24. The summed E-state index contributed by atoms with van der Waals surface area (Å²) in [6.45, 7) is 1.19. The predicted octanol–water partition coefficient (Wildman–Crippen LogP) is 4.72. The summed E-state index contributed by atoms with van der Waals surface area (Å²) in [5, 5.41) is 5.26. The van der Waals surface area contributed by atoms with Gasteiger partial charge >= 0.3 is 0 Å². The Morgan fingerprint density at radius 3 is 2.96 bits per heavy atom. The second kappa shape index (κ2) is 5.31. The number of fused-ring (bicyclic) bond motifs is 4. The minimum atomic E-state index is 0.626. The van der Waals surface area contributed by atoms with Crippen LogP contribution < -0.4 is 5.32 Å². The third-order valence-corrected chi connectivity index (χ3v) is 7.07. The first-order chi connectivity index (χ1) is 12.4. The van der Waals surface area contributed by atoms with E-state index in [2.05, 4.69) is 46.4 Å². The summed E-state index contributed by atoms with van der Waals surface area (Å²) in [7, 11) is 0. The van der Waals surface area contributed by atoms with E-state index in [9.17, 15) is 0 Å². The van der Waals surface area contributed by atoms with Crippen molar-refractivity contribution in [3.8, 4) is 11.3 Å². The van der Waals surface area contributed by atoms with Crippen molar-refractivity contribution in [2.24, 2.45) is 5.92 Å². The van der Waals surface area contributed by atoms with Crippen LogP contribution in [0.15, 0.2) is 36.5 Å². The third-order valence-electron chi connectivity index (χ3n) is 7.07. The first-order valence-corrected chi connectivity index (χ1v) is 10.0. The SMILES string of the molecule is c1ccc2c3ccn4c(c-3nc2c1)[C@@H]1CC[C@H]4[C@@H]2CCCCCN[C@@H]21. The van der Waals surface area contributed by atoms with Gasteiger partial charge in [0.1, 0.15) is 0 Å². The van der Waals surface area contributed by atoms with Gasteiger partial charge in [0.2, 0.25) is 0 Å². The van der Waals surface area contributed by atoms with Gasteiger partial charge in [0.05, 0.1) is 11.2 Å². The molecule has 128 valence electrons. The number of para-hydroxylation sites is 1. The highest BCUT2D eigenvalue weighted by Gasteiger charge is 2.47. The van der Waals surface area contributed by atoms with Crippen LogP contribution in [0, 0.1) is 5.92 Å². The number of hydrogen-bond donors (Lipinski definition) is 1. The van der Waals surface area contributed by atoms with Crippen LogP contribution in [0.2, 0.25) is 0 Å². The Kier molecular flexibility index (Phi) is 3.04. The van der Waals surface area contributed by atoms with Crippen molar-refractivity contribution in [3.05, 3.63) is 42.2 Å². The Labute approximate surface area is 148 Å². The van der Waals surface area contributed by atoms with Crippen molar-refractivity contribution >= 4 is 10.9 Å². The molecule has 1 N–H and O–H groups in total. The Hall–Kier alpha value is -1.87. The summed E-state index contributed by atoms with van der Waals surface area (Å²) < 4.78 is 2.62. The molecule has 0 amide bonds. The average Bonchev–Trinajstić information content (AvgIpc) is 3.01. The van der Waals surface area contributed by atoms with Crippen molar-refractivity contribution in [3.63, 3.8) is 0 Å². The molecule has 0 unspecified atom stereocenters. The second-order valence-corrected chi connectivity index (χ2v) is 8.24. The van der Waals surface area contributed by atoms with Gasteiger partial charge < -0.3 is 9.88 Å². The summed E-state index contributed by atoms with van der Waals surface area (Å²) in [6, 6.07) is 12.3. The van der Waals surface area contributed by atoms with Crippen LogP contribution >= 0.6 is 0 Å². The zero-order valence-corrected chi connectivity index (χ0v) is 14.6. The van der Waals surface area contributed by atoms with Gasteiger partial charge in [0.15, 0.2) is 0 Å². The third kappa shape index (κ3) is 1.93. The van der Waals surface area contributed by atoms with Gasteiger partial charge in [-0.15, -0.1) is 0 Å². The minimum absolute atomic E-state index is 0.626. The van der Waals surface area contributed by atoms with Crippen LogP contribution in [0.4, 0.5) is 0 Å². The van der Waals surface area contributed by atoms with Gasteiger partial charge in [0.25, 0.3) is 0 Å². The Bertz CT molecular complexity index is 911. The van der Waals surface area contributed by atoms with Crippen LogP contribution in [0.5, 0.6) is 0 Å². The number of pyridine rings is 1. The fourth-order valence-electron chi connectivity index (χ4n) is 6.03. The molecule has 6 aliphatic rings. The van der Waals surface area contributed by atoms with Gasteiger partial charge in [-0.3, -0.25) is 0 Å². The fraction of sp³-hybridized carbons (Fsp3) is 0.500. The lowest BCUT2D eigenvalue weighted by Gasteiger charge is -2.52. The summed E-state index contributed by atoms with van der Waals surface area (Å²) in [6.07, 6.45) is 10.6. The van der Waals surface area contributed by atoms with E-state index in [-0.39, 0.29) is 0 Å². The lowest BCUT2D eigenvalue weighted by Crippen LogP contribution is -2.53. The Morgan fingerprint density at radius 2 is 1.96 bits per heavy atom. The van der Waals surface area contributed by atoms with Crippen LogP contribution in [-0.4, -0.2) is 22.1 Å². The van der Waals surface area contributed by atoms with Gasteiger partial charge in [-0.1, -0.05) is 31.0 Å². The fourth-order valence-corrected chi connectivity index (χ4v) is 6.03. The van der Waals surface area contributed by atoms with Crippen molar-refractivity contribution < 1.29 is 0 Å². The highest BCUT2D eigenvalue weighted by Crippen LogP contribution is 2.53. The standard InChI is InChI=1S/C22H25N3/c1-2-7-16-19-10-9-17(20(16)23-12-5-1)22-21-15(11-13-25(19)22)14-6-3-4-8-18(14)24-21/h3-4,6,8,11,13,16-17,19-20,23H,1-2,5,7,9-10,12H2/t16-,17+,19-,20-/m0/s1. The number of nitrogens with one attached hydrogen (secondary N) is 1. The molecule has 5 heterocycles. The molecule has 1 aromatic carbocycles. The Balaban J connectivity index is 1.57. The van der Waals surface area contributed by atoms with Crippen LogP contribution in [0.25, 0.3) is 22.2 Å². The summed E-state index contributed by atoms with van der Waals surface area (Å²) in [4.78, 5) is 5.08. The average molecular weight is 331 g/mol. The van der Waals surface area contributed by atoms with E-state index >= 15 is 0 Å². The molecule has 4 atom stereocenters. The van der Waals surface area contributed by atoms with Gasteiger partial charge in [-0.2, -0.15) is 0 Å². The van der Waals surface area contributed by atoms with Crippen molar-refractivity contribution in [1.82, 2.24) is 14.9 Å². The number of hydrogen-bond acceptors (Lipinski definition) is 2. The number of aromatic nitrogens is 2. The number of benzene rings is 1. The van der Waals surface area contributed by atoms with E-state index < -0.39 is 0 Å². The van der Waals surface area contributed by atoms with E-state index in [0.717, 1.165) is 11.4 Å². The molecule has 0 radical (unpaired) electrons. The normalized spacial score (nSPS) is 31.5. The molecule has 0 spiro atoms. The predicted molar refractivity (Wildman–Crippen MR) is 101 cm³/mol. The summed E-state index contributed by atoms with van der Waals surface area (Å²) in [5.74, 6) is 1.43. The topological polar surface area (TPSA) is 29.9 Å². The molecule has 1 saturated heterocycles. The first-order valence-electron chi connectivity index (χ1n) is 10.0. The summed E-state index contributed by atoms with van der Waals surface area (Å²) >= 11 is 0. The highest BCUT2D eigenvalue weighted by atomic mass is 15.1. The molecule has 1 aliphatic carbocycles. The number of rotatable bonds is 0. The van der Waals surface area contributed by atoms with Crippen LogP contribution in [-0.2, 0) is 0 Å². The molecule has 3 nitrogen and oxygen atoms in total. The molecule has 1 saturated carbocycles. The molecule has 5 aliphatic heterocycles. The quantitative estimate of drug-likeness (QED) is 0.646. The molecular weight excluding hydrogens is 306 g/mol. The molecule has 2 fully saturated rings. The van der Waals surface area contributed by atoms with Crippen molar-refractivity contribution in [2.45, 2.75) is 56.5 Å². The van der Waals surface area contributed by atoms with E-state index in [4.69, 9.17) is 4.98 Å². The highest BCUT2D eigenvalue weighted by molar-refractivity contribution is 5.98.